The molecule has 0 spiro atoms. The van der Waals surface area contributed by atoms with Crippen molar-refractivity contribution in [3.8, 4) is 22.6 Å². The minimum atomic E-state index is -3.77. The molecule has 4 aromatic carbocycles. The molecule has 3 atom stereocenters. The fraction of sp³-hybridized carbons (Fsp3) is 0.161. The molecule has 8 heteroatoms. The third kappa shape index (κ3) is 4.37. The normalized spacial score (nSPS) is 20.7. The number of benzene rings is 4. The molecule has 39 heavy (non-hydrogen) atoms. The molecule has 6 nitrogen and oxygen atoms in total. The van der Waals surface area contributed by atoms with Crippen LogP contribution in [0.5, 0.6) is 11.5 Å². The molecule has 0 aromatic heterocycles. The third-order valence-corrected chi connectivity index (χ3v) is 9.78. The summed E-state index contributed by atoms with van der Waals surface area (Å²) in [5, 5.41) is 3.69. The summed E-state index contributed by atoms with van der Waals surface area (Å²) >= 11 is 3.73. The summed E-state index contributed by atoms with van der Waals surface area (Å²) in [6.07, 6.45) is 5.28. The molecule has 0 amide bonds. The molecule has 0 bridgehead atoms. The number of halogens is 1. The van der Waals surface area contributed by atoms with E-state index < -0.39 is 10.0 Å². The number of fused-ring (bicyclic) bond motifs is 4. The molecular weight excluding hydrogens is 576 g/mol. The highest BCUT2D eigenvalue weighted by atomic mass is 79.9. The van der Waals surface area contributed by atoms with Crippen molar-refractivity contribution in [2.75, 3.05) is 16.8 Å². The summed E-state index contributed by atoms with van der Waals surface area (Å²) in [6.45, 7) is 0.224. The van der Waals surface area contributed by atoms with Crippen molar-refractivity contribution in [3.05, 3.63) is 113 Å². The van der Waals surface area contributed by atoms with Crippen LogP contribution < -0.4 is 19.5 Å². The maximum absolute atomic E-state index is 13.4. The molecule has 7 rings (SSSR count). The van der Waals surface area contributed by atoms with Gasteiger partial charge in [0, 0.05) is 21.8 Å². The summed E-state index contributed by atoms with van der Waals surface area (Å²) in [6, 6.07) is 26.8. The van der Waals surface area contributed by atoms with Crippen LogP contribution in [0.2, 0.25) is 0 Å². The fourth-order valence-corrected chi connectivity index (χ4v) is 7.46. The van der Waals surface area contributed by atoms with Gasteiger partial charge in [0.1, 0.15) is 0 Å². The molecule has 0 saturated heterocycles. The first-order valence-electron chi connectivity index (χ1n) is 12.8. The Labute approximate surface area is 235 Å². The van der Waals surface area contributed by atoms with Gasteiger partial charge in [-0.1, -0.05) is 70.5 Å². The number of anilines is 2. The largest absolute Gasteiger partial charge is 0.454 e. The third-order valence-electron chi connectivity index (χ3n) is 7.72. The molecule has 2 aliphatic heterocycles. The Bertz CT molecular complexity index is 1710. The zero-order chi connectivity index (χ0) is 26.6. The van der Waals surface area contributed by atoms with E-state index in [-0.39, 0.29) is 29.6 Å². The average molecular weight is 602 g/mol. The van der Waals surface area contributed by atoms with Gasteiger partial charge in [0.05, 0.1) is 10.9 Å². The topological polar surface area (TPSA) is 76.7 Å². The van der Waals surface area contributed by atoms with Crippen LogP contribution >= 0.6 is 15.9 Å². The van der Waals surface area contributed by atoms with Gasteiger partial charge >= 0.3 is 0 Å². The van der Waals surface area contributed by atoms with E-state index in [4.69, 9.17) is 9.47 Å². The second-order valence-electron chi connectivity index (χ2n) is 10.0. The van der Waals surface area contributed by atoms with E-state index in [0.717, 1.165) is 50.3 Å². The molecule has 0 radical (unpaired) electrons. The Balaban J connectivity index is 1.17. The number of hydrogen-bond acceptors (Lipinski definition) is 5. The van der Waals surface area contributed by atoms with Crippen molar-refractivity contribution in [2.24, 2.45) is 5.92 Å². The molecule has 4 aromatic rings. The zero-order valence-corrected chi connectivity index (χ0v) is 23.2. The van der Waals surface area contributed by atoms with E-state index in [1.54, 1.807) is 24.3 Å². The smallest absolute Gasteiger partial charge is 0.261 e. The molecule has 0 fully saturated rings. The van der Waals surface area contributed by atoms with Crippen molar-refractivity contribution >= 4 is 37.3 Å². The lowest BCUT2D eigenvalue weighted by Gasteiger charge is -2.38. The highest BCUT2D eigenvalue weighted by molar-refractivity contribution is 9.10. The van der Waals surface area contributed by atoms with Gasteiger partial charge in [-0.25, -0.2) is 8.42 Å². The van der Waals surface area contributed by atoms with E-state index in [0.29, 0.717) is 5.69 Å². The summed E-state index contributed by atoms with van der Waals surface area (Å²) < 4.78 is 41.7. The van der Waals surface area contributed by atoms with Crippen molar-refractivity contribution in [1.29, 1.82) is 0 Å². The Hall–Kier alpha value is -3.75. The second-order valence-corrected chi connectivity index (χ2v) is 12.5. The van der Waals surface area contributed by atoms with Gasteiger partial charge in [-0.3, -0.25) is 4.72 Å². The maximum Gasteiger partial charge on any atom is 0.261 e. The summed E-state index contributed by atoms with van der Waals surface area (Å²) in [5.74, 6) is 1.82. The van der Waals surface area contributed by atoms with Gasteiger partial charge in [-0.2, -0.15) is 0 Å². The highest BCUT2D eigenvalue weighted by Gasteiger charge is 2.39. The van der Waals surface area contributed by atoms with Crippen LogP contribution in [0.1, 0.15) is 29.5 Å². The van der Waals surface area contributed by atoms with E-state index in [2.05, 4.69) is 38.1 Å². The second kappa shape index (κ2) is 9.47. The number of rotatable bonds is 5. The van der Waals surface area contributed by atoms with Crippen molar-refractivity contribution in [2.45, 2.75) is 23.3 Å². The van der Waals surface area contributed by atoms with Crippen LogP contribution in [0, 0.1) is 5.92 Å². The van der Waals surface area contributed by atoms with Crippen LogP contribution in [0.4, 0.5) is 11.4 Å². The molecule has 2 heterocycles. The van der Waals surface area contributed by atoms with Crippen LogP contribution in [-0.4, -0.2) is 15.2 Å². The first-order valence-corrected chi connectivity index (χ1v) is 15.1. The number of ether oxygens (including phenoxy) is 2. The lowest BCUT2D eigenvalue weighted by molar-refractivity contribution is 0.174. The molecule has 1 aliphatic carbocycles. The van der Waals surface area contributed by atoms with Crippen LogP contribution in [0.15, 0.2) is 106 Å². The van der Waals surface area contributed by atoms with Gasteiger partial charge in [0.15, 0.2) is 11.5 Å². The van der Waals surface area contributed by atoms with Crippen LogP contribution in [0.25, 0.3) is 11.1 Å². The number of sulfonamides is 1. The minimum absolute atomic E-state index is 0.0325. The zero-order valence-electron chi connectivity index (χ0n) is 20.8. The predicted molar refractivity (Wildman–Crippen MR) is 156 cm³/mol. The van der Waals surface area contributed by atoms with Gasteiger partial charge < -0.3 is 14.8 Å². The number of allylic oxidation sites excluding steroid dienone is 2. The van der Waals surface area contributed by atoms with Gasteiger partial charge in [-0.15, -0.1) is 0 Å². The maximum atomic E-state index is 13.4. The number of nitrogens with one attached hydrogen (secondary N) is 2. The van der Waals surface area contributed by atoms with Gasteiger partial charge in [0.2, 0.25) is 6.79 Å². The van der Waals surface area contributed by atoms with E-state index in [1.807, 2.05) is 60.7 Å². The molecule has 3 aliphatic rings. The van der Waals surface area contributed by atoms with Gasteiger partial charge in [-0.05, 0) is 77.1 Å². The van der Waals surface area contributed by atoms with Crippen molar-refractivity contribution < 1.29 is 17.9 Å². The van der Waals surface area contributed by atoms with E-state index in [9.17, 15) is 8.42 Å². The van der Waals surface area contributed by atoms with Crippen molar-refractivity contribution in [1.82, 2.24) is 0 Å². The van der Waals surface area contributed by atoms with Crippen LogP contribution in [-0.2, 0) is 10.0 Å². The standard InChI is InChI=1S/C31H25BrN2O4S/c32-27-17-30-29(37-18-38-30)16-26(27)31-24-8-4-7-23(24)25-15-22(13-14-28(25)33-31)39(35,36)34-21-11-9-20(10-12-21)19-5-2-1-3-6-19/h1-7,9-17,23-24,31,33-34H,8,18H2/t23-,24+,31-/m0/s1. The molecular formula is C31H25BrN2O4S. The van der Waals surface area contributed by atoms with Gasteiger partial charge in [0.25, 0.3) is 10.0 Å². The first kappa shape index (κ1) is 24.3. The molecule has 196 valence electrons. The minimum Gasteiger partial charge on any atom is -0.454 e. The Morgan fingerprint density at radius 2 is 1.59 bits per heavy atom. The Morgan fingerprint density at radius 1 is 0.846 bits per heavy atom. The summed E-state index contributed by atoms with van der Waals surface area (Å²) in [4.78, 5) is 0.247. The van der Waals surface area contributed by atoms with E-state index in [1.165, 1.54) is 0 Å². The Kier molecular flexibility index (Phi) is 5.90. The monoisotopic (exact) mass is 600 g/mol. The van der Waals surface area contributed by atoms with E-state index >= 15 is 0 Å². The fourth-order valence-electron chi connectivity index (χ4n) is 5.79. The number of hydrogen-bond donors (Lipinski definition) is 2. The quantitative estimate of drug-likeness (QED) is 0.232. The molecule has 0 unspecified atom stereocenters. The van der Waals surface area contributed by atoms with Crippen molar-refractivity contribution in [3.63, 3.8) is 0 Å². The SMILES string of the molecule is O=S(=O)(Nc1ccc(-c2ccccc2)cc1)c1ccc2c(c1)[C@H]1C=CC[C@H]1[C@@H](c1cc3c(cc1Br)OCO3)N2. The summed E-state index contributed by atoms with van der Waals surface area (Å²) in [7, 11) is -3.77. The first-order chi connectivity index (χ1) is 19.0. The predicted octanol–water partition coefficient (Wildman–Crippen LogP) is 7.47. The van der Waals surface area contributed by atoms with Crippen LogP contribution in [0.3, 0.4) is 0 Å². The molecule has 0 saturated carbocycles. The summed E-state index contributed by atoms with van der Waals surface area (Å²) in [5.41, 5.74) is 5.66. The lowest BCUT2D eigenvalue weighted by Crippen LogP contribution is -2.29. The molecule has 2 N–H and O–H groups in total. The average Bonchev–Trinajstić information content (AvgIpc) is 3.62. The Morgan fingerprint density at radius 3 is 2.38 bits per heavy atom. The lowest BCUT2D eigenvalue weighted by atomic mass is 9.77. The highest BCUT2D eigenvalue weighted by Crippen LogP contribution is 2.52.